The Hall–Kier alpha value is -0.340. The van der Waals surface area contributed by atoms with Gasteiger partial charge in [0.25, 0.3) is 0 Å². The quantitative estimate of drug-likeness (QED) is 0.461. The van der Waals surface area contributed by atoms with Gasteiger partial charge in [-0.2, -0.15) is 0 Å². The zero-order valence-electron chi connectivity index (χ0n) is 5.43. The normalized spacial score (nSPS) is 40.9. The molecule has 2 aliphatic heterocycles. The van der Waals surface area contributed by atoms with E-state index in [1.165, 1.54) is 19.3 Å². The number of hydrogen-bond donors (Lipinski definition) is 2. The maximum Gasteiger partial charge on any atom is 0.0393 e. The molecule has 2 N–H and O–H groups in total. The Bertz CT molecular complexity index is 113. The first-order valence-electron chi connectivity index (χ1n) is 3.64. The number of fused-ring (bicyclic) bond motifs is 3. The molecule has 0 aromatic rings. The zero-order valence-corrected chi connectivity index (χ0v) is 5.43. The lowest BCUT2D eigenvalue weighted by Crippen LogP contribution is -2.45. The fourth-order valence-corrected chi connectivity index (χ4v) is 1.47. The van der Waals surface area contributed by atoms with Gasteiger partial charge in [-0.15, -0.1) is 0 Å². The molecule has 3 aliphatic rings. The summed E-state index contributed by atoms with van der Waals surface area (Å²) in [6, 6.07) is 1.20. The van der Waals surface area contributed by atoms with Gasteiger partial charge >= 0.3 is 0 Å². The number of hydrogen-bond acceptors (Lipinski definition) is 2. The monoisotopic (exact) mass is 124 g/mol. The standard InChI is InChI=1S/C7H12N2/c1-2-6-4-5-7(3-1)9-8-6/h4-9H,1-3H2. The van der Waals surface area contributed by atoms with Gasteiger partial charge in [0.05, 0.1) is 0 Å². The fourth-order valence-electron chi connectivity index (χ4n) is 1.47. The molecule has 1 fully saturated rings. The third-order valence-corrected chi connectivity index (χ3v) is 2.06. The van der Waals surface area contributed by atoms with Crippen LogP contribution in [-0.2, 0) is 0 Å². The van der Waals surface area contributed by atoms with Crippen LogP contribution in [0.5, 0.6) is 0 Å². The highest BCUT2D eigenvalue weighted by Gasteiger charge is 2.17. The second-order valence-electron chi connectivity index (χ2n) is 2.82. The first-order valence-corrected chi connectivity index (χ1v) is 3.64. The van der Waals surface area contributed by atoms with Crippen molar-refractivity contribution in [3.8, 4) is 0 Å². The molecule has 0 aromatic carbocycles. The third kappa shape index (κ3) is 1.00. The highest BCUT2D eigenvalue weighted by molar-refractivity contribution is 5.05. The molecule has 2 heteroatoms. The van der Waals surface area contributed by atoms with E-state index in [0.717, 1.165) is 0 Å². The van der Waals surface area contributed by atoms with Crippen molar-refractivity contribution in [1.29, 1.82) is 0 Å². The van der Waals surface area contributed by atoms with Gasteiger partial charge in [0.1, 0.15) is 0 Å². The molecule has 1 aliphatic carbocycles. The van der Waals surface area contributed by atoms with Gasteiger partial charge in [0, 0.05) is 12.1 Å². The van der Waals surface area contributed by atoms with Crippen LogP contribution in [-0.4, -0.2) is 12.1 Å². The van der Waals surface area contributed by atoms with E-state index in [9.17, 15) is 0 Å². The van der Waals surface area contributed by atoms with Gasteiger partial charge in [-0.05, 0) is 19.3 Å². The summed E-state index contributed by atoms with van der Waals surface area (Å²) in [7, 11) is 0. The van der Waals surface area contributed by atoms with E-state index >= 15 is 0 Å². The summed E-state index contributed by atoms with van der Waals surface area (Å²) in [6.45, 7) is 0. The molecular weight excluding hydrogens is 112 g/mol. The molecule has 0 spiro atoms. The average molecular weight is 124 g/mol. The molecule has 2 bridgehead atoms. The Kier molecular flexibility index (Phi) is 1.28. The molecule has 2 unspecified atom stereocenters. The van der Waals surface area contributed by atoms with Crippen LogP contribution in [0.1, 0.15) is 19.3 Å². The summed E-state index contributed by atoms with van der Waals surface area (Å²) in [5, 5.41) is 0. The predicted molar refractivity (Wildman–Crippen MR) is 36.8 cm³/mol. The molecule has 50 valence electrons. The van der Waals surface area contributed by atoms with E-state index in [4.69, 9.17) is 0 Å². The summed E-state index contributed by atoms with van der Waals surface area (Å²) in [5.41, 5.74) is 6.49. The van der Waals surface area contributed by atoms with Gasteiger partial charge in [0.2, 0.25) is 0 Å². The average Bonchev–Trinajstić information content (AvgIpc) is 2.21. The topological polar surface area (TPSA) is 24.1 Å². The van der Waals surface area contributed by atoms with E-state index in [1.807, 2.05) is 0 Å². The summed E-state index contributed by atoms with van der Waals surface area (Å²) in [6.07, 6.45) is 8.48. The molecule has 2 atom stereocenters. The third-order valence-electron chi connectivity index (χ3n) is 2.06. The lowest BCUT2D eigenvalue weighted by atomic mass is 10.1. The molecule has 3 rings (SSSR count). The highest BCUT2D eigenvalue weighted by Crippen LogP contribution is 2.14. The van der Waals surface area contributed by atoms with Gasteiger partial charge < -0.3 is 0 Å². The first-order chi connectivity index (χ1) is 4.45. The minimum absolute atomic E-state index is 0.601. The summed E-state index contributed by atoms with van der Waals surface area (Å²) >= 11 is 0. The summed E-state index contributed by atoms with van der Waals surface area (Å²) < 4.78 is 0. The Labute approximate surface area is 55.3 Å². The maximum absolute atomic E-state index is 3.24. The summed E-state index contributed by atoms with van der Waals surface area (Å²) in [5.74, 6) is 0. The van der Waals surface area contributed by atoms with Crippen LogP contribution in [0, 0.1) is 0 Å². The van der Waals surface area contributed by atoms with Crippen molar-refractivity contribution < 1.29 is 0 Å². The van der Waals surface area contributed by atoms with Gasteiger partial charge in [-0.1, -0.05) is 12.2 Å². The second-order valence-corrected chi connectivity index (χ2v) is 2.82. The minimum atomic E-state index is 0.601. The Morgan fingerprint density at radius 3 is 2.00 bits per heavy atom. The molecule has 9 heavy (non-hydrogen) atoms. The van der Waals surface area contributed by atoms with E-state index in [0.29, 0.717) is 12.1 Å². The van der Waals surface area contributed by atoms with Crippen molar-refractivity contribution in [2.24, 2.45) is 0 Å². The lowest BCUT2D eigenvalue weighted by molar-refractivity contribution is 0.447. The molecular formula is C7H12N2. The number of nitrogens with one attached hydrogen (secondary N) is 2. The lowest BCUT2D eigenvalue weighted by Gasteiger charge is -2.19. The molecule has 2 heterocycles. The highest BCUT2D eigenvalue weighted by atomic mass is 15.4. The van der Waals surface area contributed by atoms with Crippen molar-refractivity contribution >= 4 is 0 Å². The molecule has 1 saturated heterocycles. The van der Waals surface area contributed by atoms with E-state index in [2.05, 4.69) is 23.0 Å². The molecule has 0 saturated carbocycles. The van der Waals surface area contributed by atoms with Crippen LogP contribution >= 0.6 is 0 Å². The van der Waals surface area contributed by atoms with Crippen LogP contribution < -0.4 is 10.9 Å². The van der Waals surface area contributed by atoms with Gasteiger partial charge in [-0.3, -0.25) is 10.9 Å². The number of hydrazine groups is 1. The van der Waals surface area contributed by atoms with E-state index in [1.54, 1.807) is 0 Å². The second kappa shape index (κ2) is 2.12. The van der Waals surface area contributed by atoms with Crippen LogP contribution in [0.15, 0.2) is 12.2 Å². The van der Waals surface area contributed by atoms with E-state index < -0.39 is 0 Å². The molecule has 2 nitrogen and oxygen atoms in total. The SMILES string of the molecule is C1=CC2CCCC1NN2. The fraction of sp³-hybridized carbons (Fsp3) is 0.714. The minimum Gasteiger partial charge on any atom is -0.250 e. The predicted octanol–water partition coefficient (Wildman–Crippen LogP) is 0.572. The smallest absolute Gasteiger partial charge is 0.0393 e. The van der Waals surface area contributed by atoms with Crippen molar-refractivity contribution in [2.75, 3.05) is 0 Å². The van der Waals surface area contributed by atoms with Gasteiger partial charge in [-0.25, -0.2) is 0 Å². The van der Waals surface area contributed by atoms with Crippen LogP contribution in [0.25, 0.3) is 0 Å². The Morgan fingerprint density at radius 2 is 1.56 bits per heavy atom. The van der Waals surface area contributed by atoms with Crippen molar-refractivity contribution in [3.63, 3.8) is 0 Å². The molecule has 0 amide bonds. The largest absolute Gasteiger partial charge is 0.250 e. The van der Waals surface area contributed by atoms with Crippen LogP contribution in [0.4, 0.5) is 0 Å². The molecule has 0 radical (unpaired) electrons. The van der Waals surface area contributed by atoms with Crippen molar-refractivity contribution in [1.82, 2.24) is 10.9 Å². The first kappa shape index (κ1) is 5.45. The number of rotatable bonds is 0. The maximum atomic E-state index is 3.24. The van der Waals surface area contributed by atoms with Crippen LogP contribution in [0.3, 0.4) is 0 Å². The van der Waals surface area contributed by atoms with Crippen molar-refractivity contribution in [3.05, 3.63) is 12.2 Å². The Morgan fingerprint density at radius 1 is 1.00 bits per heavy atom. The van der Waals surface area contributed by atoms with Crippen LogP contribution in [0.2, 0.25) is 0 Å². The molecule has 0 aromatic heterocycles. The van der Waals surface area contributed by atoms with Gasteiger partial charge in [0.15, 0.2) is 0 Å². The summed E-state index contributed by atoms with van der Waals surface area (Å²) in [4.78, 5) is 0. The van der Waals surface area contributed by atoms with Crippen molar-refractivity contribution in [2.45, 2.75) is 31.3 Å². The Balaban J connectivity index is 2.15. The zero-order chi connectivity index (χ0) is 6.10. The van der Waals surface area contributed by atoms with E-state index in [-0.39, 0.29) is 0 Å².